The van der Waals surface area contributed by atoms with Gasteiger partial charge < -0.3 is 10.4 Å². The van der Waals surface area contributed by atoms with Crippen LogP contribution in [-0.4, -0.2) is 22.1 Å². The molecule has 0 spiro atoms. The van der Waals surface area contributed by atoms with E-state index in [4.69, 9.17) is 40.5 Å². The average Bonchev–Trinajstić information content (AvgIpc) is 2.58. The third kappa shape index (κ3) is 4.92. The van der Waals surface area contributed by atoms with Gasteiger partial charge in [-0.1, -0.05) is 42.3 Å². The molecule has 1 amide bonds. The van der Waals surface area contributed by atoms with Crippen LogP contribution < -0.4 is 10.6 Å². The molecule has 130 valence electrons. The average molecular weight is 397 g/mol. The quantitative estimate of drug-likeness (QED) is 0.668. The minimum Gasteiger partial charge on any atom is -0.478 e. The summed E-state index contributed by atoms with van der Waals surface area (Å²) in [6, 6.07) is 9.63. The Kier molecular flexibility index (Phi) is 6.36. The van der Waals surface area contributed by atoms with Crippen molar-refractivity contribution in [3.05, 3.63) is 63.1 Å². The zero-order valence-corrected chi connectivity index (χ0v) is 15.4. The standard InChI is InChI=1S/C17H14Cl2N2O3S/c1-2-9-3-5-10(6-4-9)15(22)21-17(25)20-13-8-11(16(23)24)7-12(18)14(13)19/h3-8H,2H2,1H3,(H,23,24)(H2,20,21,22,25). The Morgan fingerprint density at radius 3 is 2.32 bits per heavy atom. The molecule has 2 rings (SSSR count). The van der Waals surface area contributed by atoms with E-state index >= 15 is 0 Å². The molecule has 0 aliphatic carbocycles. The van der Waals surface area contributed by atoms with Gasteiger partial charge in [0.05, 0.1) is 21.3 Å². The molecule has 8 heteroatoms. The summed E-state index contributed by atoms with van der Waals surface area (Å²) in [5.41, 5.74) is 1.70. The predicted molar refractivity (Wildman–Crippen MR) is 103 cm³/mol. The second-order valence-electron chi connectivity index (χ2n) is 5.08. The van der Waals surface area contributed by atoms with Crippen LogP contribution in [0.5, 0.6) is 0 Å². The predicted octanol–water partition coefficient (Wildman–Crippen LogP) is 4.38. The summed E-state index contributed by atoms with van der Waals surface area (Å²) < 4.78 is 0. The van der Waals surface area contributed by atoms with E-state index in [9.17, 15) is 9.59 Å². The van der Waals surface area contributed by atoms with Crippen LogP contribution in [-0.2, 0) is 6.42 Å². The Bertz CT molecular complexity index is 839. The second kappa shape index (κ2) is 8.29. The lowest BCUT2D eigenvalue weighted by Gasteiger charge is -2.12. The maximum atomic E-state index is 12.2. The number of carboxylic acids is 1. The molecule has 0 saturated heterocycles. The largest absolute Gasteiger partial charge is 0.478 e. The number of halogens is 2. The fourth-order valence-electron chi connectivity index (χ4n) is 2.02. The van der Waals surface area contributed by atoms with Gasteiger partial charge >= 0.3 is 5.97 Å². The van der Waals surface area contributed by atoms with Crippen molar-refractivity contribution in [1.29, 1.82) is 0 Å². The monoisotopic (exact) mass is 396 g/mol. The van der Waals surface area contributed by atoms with Gasteiger partial charge in [-0.15, -0.1) is 0 Å². The van der Waals surface area contributed by atoms with E-state index < -0.39 is 11.9 Å². The molecule has 0 bridgehead atoms. The zero-order valence-electron chi connectivity index (χ0n) is 13.1. The van der Waals surface area contributed by atoms with Crippen molar-refractivity contribution in [2.45, 2.75) is 13.3 Å². The van der Waals surface area contributed by atoms with E-state index in [-0.39, 0.29) is 26.4 Å². The number of benzene rings is 2. The lowest BCUT2D eigenvalue weighted by Crippen LogP contribution is -2.34. The van der Waals surface area contributed by atoms with Crippen molar-refractivity contribution in [2.75, 3.05) is 5.32 Å². The van der Waals surface area contributed by atoms with Crippen molar-refractivity contribution >= 4 is 58.1 Å². The number of carboxylic acid groups (broad SMARTS) is 1. The van der Waals surface area contributed by atoms with E-state index in [0.717, 1.165) is 12.0 Å². The van der Waals surface area contributed by atoms with E-state index in [1.807, 2.05) is 19.1 Å². The lowest BCUT2D eigenvalue weighted by atomic mass is 10.1. The first-order valence-corrected chi connectivity index (χ1v) is 8.41. The highest BCUT2D eigenvalue weighted by atomic mass is 35.5. The highest BCUT2D eigenvalue weighted by Crippen LogP contribution is 2.31. The van der Waals surface area contributed by atoms with Crippen LogP contribution in [0.4, 0.5) is 5.69 Å². The number of carbonyl (C=O) groups is 2. The van der Waals surface area contributed by atoms with Crippen molar-refractivity contribution in [3.63, 3.8) is 0 Å². The topological polar surface area (TPSA) is 78.4 Å². The molecule has 2 aromatic rings. The molecule has 0 radical (unpaired) electrons. The molecule has 0 aromatic heterocycles. The third-order valence-electron chi connectivity index (χ3n) is 3.37. The maximum absolute atomic E-state index is 12.2. The second-order valence-corrected chi connectivity index (χ2v) is 6.28. The van der Waals surface area contributed by atoms with Gasteiger partial charge in [0.2, 0.25) is 0 Å². The summed E-state index contributed by atoms with van der Waals surface area (Å²) in [5.74, 6) is -1.55. The van der Waals surface area contributed by atoms with Crippen molar-refractivity contribution in [2.24, 2.45) is 0 Å². The molecule has 25 heavy (non-hydrogen) atoms. The summed E-state index contributed by atoms with van der Waals surface area (Å²) in [4.78, 5) is 23.3. The fourth-order valence-corrected chi connectivity index (χ4v) is 2.60. The van der Waals surface area contributed by atoms with Gasteiger partial charge in [-0.05, 0) is 48.5 Å². The van der Waals surface area contributed by atoms with Crippen LogP contribution in [0.15, 0.2) is 36.4 Å². The fraction of sp³-hybridized carbons (Fsp3) is 0.118. The maximum Gasteiger partial charge on any atom is 0.335 e. The number of rotatable bonds is 4. The van der Waals surface area contributed by atoms with Crippen LogP contribution in [0, 0.1) is 0 Å². The van der Waals surface area contributed by atoms with Crippen molar-refractivity contribution in [3.8, 4) is 0 Å². The molecular weight excluding hydrogens is 383 g/mol. The number of thiocarbonyl (C=S) groups is 1. The number of nitrogens with one attached hydrogen (secondary N) is 2. The molecule has 0 aliphatic heterocycles. The van der Waals surface area contributed by atoms with Crippen LogP contribution in [0.25, 0.3) is 0 Å². The Morgan fingerprint density at radius 1 is 1.12 bits per heavy atom. The van der Waals surface area contributed by atoms with E-state index in [1.165, 1.54) is 12.1 Å². The molecule has 0 saturated carbocycles. The molecule has 0 aliphatic rings. The normalized spacial score (nSPS) is 10.2. The van der Waals surface area contributed by atoms with Crippen LogP contribution >= 0.6 is 35.4 Å². The minimum atomic E-state index is -1.16. The molecule has 0 heterocycles. The highest BCUT2D eigenvalue weighted by molar-refractivity contribution is 7.80. The van der Waals surface area contributed by atoms with E-state index in [2.05, 4.69) is 10.6 Å². The molecule has 5 nitrogen and oxygen atoms in total. The Balaban J connectivity index is 2.11. The number of amides is 1. The smallest absolute Gasteiger partial charge is 0.335 e. The Morgan fingerprint density at radius 2 is 1.76 bits per heavy atom. The number of aromatic carboxylic acids is 1. The Hall–Kier alpha value is -2.15. The van der Waals surface area contributed by atoms with Gasteiger partial charge in [-0.2, -0.15) is 0 Å². The number of carbonyl (C=O) groups excluding carboxylic acids is 1. The van der Waals surface area contributed by atoms with Gasteiger partial charge in [0.1, 0.15) is 0 Å². The van der Waals surface area contributed by atoms with Crippen LogP contribution in [0.2, 0.25) is 10.0 Å². The molecular formula is C17H14Cl2N2O3S. The van der Waals surface area contributed by atoms with Gasteiger partial charge in [0.25, 0.3) is 5.91 Å². The molecule has 0 unspecified atom stereocenters. The summed E-state index contributed by atoms with van der Waals surface area (Å²) >= 11 is 17.0. The number of hydrogen-bond donors (Lipinski definition) is 3. The SMILES string of the molecule is CCc1ccc(C(=O)NC(=S)Nc2cc(C(=O)O)cc(Cl)c2Cl)cc1. The summed E-state index contributed by atoms with van der Waals surface area (Å²) in [7, 11) is 0. The van der Waals surface area contributed by atoms with E-state index in [1.54, 1.807) is 12.1 Å². The number of aryl methyl sites for hydroxylation is 1. The molecule has 0 atom stereocenters. The first kappa shape index (κ1) is 19.2. The molecule has 3 N–H and O–H groups in total. The molecule has 2 aromatic carbocycles. The van der Waals surface area contributed by atoms with Gasteiger partial charge in [0.15, 0.2) is 5.11 Å². The molecule has 0 fully saturated rings. The summed E-state index contributed by atoms with van der Waals surface area (Å²) in [5, 5.41) is 14.4. The third-order valence-corrected chi connectivity index (χ3v) is 4.38. The van der Waals surface area contributed by atoms with Crippen LogP contribution in [0.1, 0.15) is 33.2 Å². The number of anilines is 1. The first-order chi connectivity index (χ1) is 11.8. The summed E-state index contributed by atoms with van der Waals surface area (Å²) in [6.45, 7) is 2.02. The summed E-state index contributed by atoms with van der Waals surface area (Å²) in [6.07, 6.45) is 0.876. The minimum absolute atomic E-state index is 0.0231. The lowest BCUT2D eigenvalue weighted by molar-refractivity contribution is 0.0696. The van der Waals surface area contributed by atoms with Crippen molar-refractivity contribution < 1.29 is 14.7 Å². The van der Waals surface area contributed by atoms with Gasteiger partial charge in [-0.3, -0.25) is 10.1 Å². The highest BCUT2D eigenvalue weighted by Gasteiger charge is 2.14. The van der Waals surface area contributed by atoms with Gasteiger partial charge in [-0.25, -0.2) is 4.79 Å². The van der Waals surface area contributed by atoms with E-state index in [0.29, 0.717) is 5.56 Å². The zero-order chi connectivity index (χ0) is 18.6. The van der Waals surface area contributed by atoms with Gasteiger partial charge in [0, 0.05) is 5.56 Å². The van der Waals surface area contributed by atoms with Crippen molar-refractivity contribution in [1.82, 2.24) is 5.32 Å². The van der Waals surface area contributed by atoms with Crippen LogP contribution in [0.3, 0.4) is 0 Å². The first-order valence-electron chi connectivity index (χ1n) is 7.25. The number of hydrogen-bond acceptors (Lipinski definition) is 3. The Labute approximate surface area is 159 Å².